The Morgan fingerprint density at radius 3 is 1.12 bits per heavy atom. The minimum atomic E-state index is -0.712. The van der Waals surface area contributed by atoms with Gasteiger partial charge < -0.3 is 37.9 Å². The Morgan fingerprint density at radius 1 is 0.443 bits per heavy atom. The third-order valence-corrected chi connectivity index (χ3v) is 19.4. The summed E-state index contributed by atoms with van der Waals surface area (Å²) in [5.41, 5.74) is 13.2. The topological polar surface area (TPSA) is 220 Å². The number of imidazole rings is 2. The first-order valence-electron chi connectivity index (χ1n) is 35.3. The highest BCUT2D eigenvalue weighted by Crippen LogP contribution is 2.42. The van der Waals surface area contributed by atoms with Gasteiger partial charge in [-0.2, -0.15) is 0 Å². The van der Waals surface area contributed by atoms with E-state index in [-0.39, 0.29) is 74.2 Å². The van der Waals surface area contributed by atoms with Gasteiger partial charge in [-0.25, -0.2) is 29.5 Å². The SMILES string of the molecule is C=C1C=C(C)C(=O)C(C(C)(C)CC(=O)N(C)CCN(C)C(=O)Oc2c(Cc3ccco3)nc3c(Cc4ccccc4)nc(-c4ccccc4)cn23)=C1C.C=C1C=C(C)C(=O)C(C(C)(C)CC(=O)N(C)CCN(C)C(=O)Oc2c(Cc3ccco3)nc3c(Cc4ccccc4)nc(-c4ccccc4)cn23)=C1C. The van der Waals surface area contributed by atoms with E-state index in [9.17, 15) is 28.8 Å². The summed E-state index contributed by atoms with van der Waals surface area (Å²) in [4.78, 5) is 107. The summed E-state index contributed by atoms with van der Waals surface area (Å²) in [7, 11) is 6.66. The molecule has 0 radical (unpaired) electrons. The zero-order valence-corrected chi connectivity index (χ0v) is 62.4. The molecule has 0 atom stereocenters. The van der Waals surface area contributed by atoms with Gasteiger partial charge in [-0.3, -0.25) is 28.0 Å². The number of benzene rings is 4. The van der Waals surface area contributed by atoms with E-state index in [1.165, 1.54) is 9.80 Å². The number of nitrogens with zero attached hydrogens (tertiary/aromatic N) is 10. The highest BCUT2D eigenvalue weighted by Gasteiger charge is 2.38. The Kier molecular flexibility index (Phi) is 22.9. The van der Waals surface area contributed by atoms with Crippen molar-refractivity contribution in [2.45, 2.75) is 93.9 Å². The van der Waals surface area contributed by atoms with Gasteiger partial charge in [0.15, 0.2) is 22.9 Å². The van der Waals surface area contributed by atoms with Crippen molar-refractivity contribution >= 4 is 46.9 Å². The van der Waals surface area contributed by atoms with Gasteiger partial charge in [-0.1, -0.05) is 162 Å². The van der Waals surface area contributed by atoms with Crippen LogP contribution in [0.1, 0.15) is 114 Å². The van der Waals surface area contributed by atoms with Crippen LogP contribution >= 0.6 is 0 Å². The number of hydrogen-bond donors (Lipinski definition) is 0. The molecule has 0 bridgehead atoms. The van der Waals surface area contributed by atoms with Crippen LogP contribution in [0.2, 0.25) is 0 Å². The van der Waals surface area contributed by atoms with Crippen LogP contribution in [0.5, 0.6) is 11.8 Å². The number of allylic oxidation sites excluding steroid dienone is 10. The van der Waals surface area contributed by atoms with Crippen LogP contribution in [-0.4, -0.2) is 138 Å². The molecule has 0 spiro atoms. The summed E-state index contributed by atoms with van der Waals surface area (Å²) < 4.78 is 27.2. The number of amides is 4. The second-order valence-corrected chi connectivity index (χ2v) is 28.5. The van der Waals surface area contributed by atoms with E-state index >= 15 is 0 Å². The van der Waals surface area contributed by atoms with E-state index < -0.39 is 23.0 Å². The molecule has 6 heterocycles. The van der Waals surface area contributed by atoms with Crippen LogP contribution in [-0.2, 0) is 44.9 Å². The number of carbonyl (C=O) groups excluding carboxylic acids is 6. The average molecular weight is 1420 g/mol. The Hall–Kier alpha value is -12.1. The number of Topliss-reactive ketones (excluding diaryl/α,β-unsaturated/α-hetero) is 2. The van der Waals surface area contributed by atoms with E-state index in [4.69, 9.17) is 38.2 Å². The molecule has 10 aromatic rings. The first-order valence-corrected chi connectivity index (χ1v) is 35.3. The number of carbonyl (C=O) groups is 6. The number of fused-ring (bicyclic) bond motifs is 2. The summed E-state index contributed by atoms with van der Waals surface area (Å²) in [6.45, 7) is 24.0. The molecule has 0 N–H and O–H groups in total. The Labute approximate surface area is 618 Å². The minimum absolute atomic E-state index is 0.0597. The smallest absolute Gasteiger partial charge is 0.416 e. The fraction of sp³-hybridized carbons (Fsp3) is 0.279. The molecule has 2 aliphatic carbocycles. The second kappa shape index (κ2) is 32.3. The zero-order valence-electron chi connectivity index (χ0n) is 62.4. The van der Waals surface area contributed by atoms with Gasteiger partial charge in [0.25, 0.3) is 0 Å². The van der Waals surface area contributed by atoms with Crippen LogP contribution < -0.4 is 9.47 Å². The van der Waals surface area contributed by atoms with Crippen LogP contribution in [0.3, 0.4) is 0 Å². The number of rotatable bonds is 24. The van der Waals surface area contributed by atoms with Crippen molar-refractivity contribution in [3.05, 3.63) is 286 Å². The molecule has 0 saturated heterocycles. The molecule has 0 fully saturated rings. The van der Waals surface area contributed by atoms with Crippen molar-refractivity contribution in [1.29, 1.82) is 0 Å². The molecule has 0 saturated carbocycles. The molecule has 6 aromatic heterocycles. The van der Waals surface area contributed by atoms with Crippen molar-refractivity contribution in [2.24, 2.45) is 10.8 Å². The van der Waals surface area contributed by atoms with Crippen molar-refractivity contribution in [1.82, 2.24) is 48.3 Å². The lowest BCUT2D eigenvalue weighted by Crippen LogP contribution is -2.40. The molecule has 20 nitrogen and oxygen atoms in total. The largest absolute Gasteiger partial charge is 0.469 e. The molecule has 4 amide bonds. The first kappa shape index (κ1) is 75.1. The highest BCUT2D eigenvalue weighted by molar-refractivity contribution is 6.12. The minimum Gasteiger partial charge on any atom is -0.469 e. The van der Waals surface area contributed by atoms with Crippen molar-refractivity contribution in [2.75, 3.05) is 54.4 Å². The third kappa shape index (κ3) is 17.3. The molecule has 4 aromatic carbocycles. The summed E-state index contributed by atoms with van der Waals surface area (Å²) in [5, 5.41) is 0. The molecular formula is C86H90N10O10. The molecule has 106 heavy (non-hydrogen) atoms. The first-order chi connectivity index (χ1) is 50.6. The van der Waals surface area contributed by atoms with Crippen molar-refractivity contribution in [3.63, 3.8) is 0 Å². The summed E-state index contributed by atoms with van der Waals surface area (Å²) in [6.07, 6.45) is 11.1. The molecule has 544 valence electrons. The molecule has 20 heteroatoms. The Balaban J connectivity index is 0.000000212. The van der Waals surface area contributed by atoms with E-state index in [0.29, 0.717) is 93.6 Å². The number of hydrogen-bond acceptors (Lipinski definition) is 14. The maximum absolute atomic E-state index is 13.8. The van der Waals surface area contributed by atoms with Gasteiger partial charge in [-0.05, 0) is 109 Å². The average Bonchev–Trinajstić information content (AvgIpc) is 1.59. The zero-order chi connectivity index (χ0) is 75.7. The number of ketones is 2. The molecule has 2 aliphatic rings. The predicted molar refractivity (Wildman–Crippen MR) is 409 cm³/mol. The van der Waals surface area contributed by atoms with Gasteiger partial charge in [0, 0.05) is 126 Å². The molecular weight excluding hydrogens is 1330 g/mol. The maximum Gasteiger partial charge on any atom is 0.416 e. The normalized spacial score (nSPS) is 13.4. The predicted octanol–water partition coefficient (Wildman–Crippen LogP) is 15.8. The van der Waals surface area contributed by atoms with E-state index in [2.05, 4.69) is 13.2 Å². The Bertz CT molecular complexity index is 4780. The number of furan rings is 2. The molecule has 0 unspecified atom stereocenters. The summed E-state index contributed by atoms with van der Waals surface area (Å²) in [5.74, 6) is 1.46. The van der Waals surface area contributed by atoms with Crippen LogP contribution in [0.15, 0.2) is 249 Å². The lowest BCUT2D eigenvalue weighted by Gasteiger charge is -2.33. The van der Waals surface area contributed by atoms with E-state index in [0.717, 1.165) is 55.9 Å². The molecule has 0 aliphatic heterocycles. The second-order valence-electron chi connectivity index (χ2n) is 28.5. The Morgan fingerprint density at radius 2 is 0.783 bits per heavy atom. The van der Waals surface area contributed by atoms with Gasteiger partial charge >= 0.3 is 12.2 Å². The quantitative estimate of drug-likeness (QED) is 0.0549. The fourth-order valence-electron chi connectivity index (χ4n) is 13.3. The van der Waals surface area contributed by atoms with Crippen LogP contribution in [0.4, 0.5) is 9.59 Å². The van der Waals surface area contributed by atoms with Gasteiger partial charge in [0.1, 0.15) is 22.9 Å². The molecule has 12 rings (SSSR count). The summed E-state index contributed by atoms with van der Waals surface area (Å²) >= 11 is 0. The van der Waals surface area contributed by atoms with Crippen molar-refractivity contribution in [3.8, 4) is 34.3 Å². The third-order valence-electron chi connectivity index (χ3n) is 19.4. The maximum atomic E-state index is 13.8. The van der Waals surface area contributed by atoms with Crippen LogP contribution in [0.25, 0.3) is 33.8 Å². The van der Waals surface area contributed by atoms with E-state index in [1.807, 2.05) is 187 Å². The summed E-state index contributed by atoms with van der Waals surface area (Å²) in [6, 6.07) is 47.0. The van der Waals surface area contributed by atoms with Gasteiger partial charge in [-0.15, -0.1) is 0 Å². The van der Waals surface area contributed by atoms with Gasteiger partial charge in [0.2, 0.25) is 23.6 Å². The number of aromatic nitrogens is 6. The van der Waals surface area contributed by atoms with Gasteiger partial charge in [0.05, 0.1) is 48.1 Å². The monoisotopic (exact) mass is 1420 g/mol. The lowest BCUT2D eigenvalue weighted by molar-refractivity contribution is -0.132. The lowest BCUT2D eigenvalue weighted by atomic mass is 9.72. The van der Waals surface area contributed by atoms with Crippen LogP contribution in [0, 0.1) is 10.8 Å². The number of likely N-dealkylation sites (N-methyl/N-ethyl adjacent to an activating group) is 4. The fourth-order valence-corrected chi connectivity index (χ4v) is 13.3. The standard InChI is InChI=1S/2C43H45N5O5/c2*1-28-23-29(2)39(50)38(30(28)3)43(4,5)26-37(49)46(6)20-21-47(7)42(51)53-41-35(25-33-19-14-22-52-33)45-40-34(24-31-15-10-8-11-16-31)44-36(27-48(40)41)32-17-12-9-13-18-32/h2*8-19,22-23,27H,1,20-21,24-26H2,2-7H3. The van der Waals surface area contributed by atoms with Crippen molar-refractivity contribution < 1.29 is 47.1 Å². The highest BCUT2D eigenvalue weighted by atomic mass is 16.6. The van der Waals surface area contributed by atoms with E-state index in [1.54, 1.807) is 97.5 Å². The number of ether oxygens (including phenoxy) is 2.